The van der Waals surface area contributed by atoms with Crippen LogP contribution in [-0.4, -0.2) is 17.6 Å². The van der Waals surface area contributed by atoms with Gasteiger partial charge in [0.25, 0.3) is 0 Å². The lowest BCUT2D eigenvalue weighted by Crippen LogP contribution is -2.10. The largest absolute Gasteiger partial charge is 0.370 e. The van der Waals surface area contributed by atoms with Gasteiger partial charge in [0.2, 0.25) is 11.8 Å². The molecule has 23 heavy (non-hydrogen) atoms. The molecular weight excluding hydrogens is 308 g/mol. The molecule has 0 aliphatic rings. The van der Waals surface area contributed by atoms with E-state index in [0.29, 0.717) is 6.42 Å². The van der Waals surface area contributed by atoms with Crippen molar-refractivity contribution in [2.24, 2.45) is 11.5 Å². The molecule has 5 heteroatoms. The van der Waals surface area contributed by atoms with Gasteiger partial charge in [0, 0.05) is 6.42 Å². The van der Waals surface area contributed by atoms with Gasteiger partial charge in [0.15, 0.2) is 0 Å². The monoisotopic (exact) mass is 346 g/mol. The fraction of sp³-hybridized carbons (Fsp3) is 0.889. The molecule has 4 N–H and O–H groups in total. The van der Waals surface area contributed by atoms with Crippen molar-refractivity contribution in [3.8, 4) is 0 Å². The van der Waals surface area contributed by atoms with E-state index in [9.17, 15) is 9.59 Å². The molecule has 0 saturated heterocycles. The molecule has 0 rings (SSSR count). The second-order valence-corrected chi connectivity index (χ2v) is 6.40. The van der Waals surface area contributed by atoms with E-state index in [1.165, 1.54) is 77.0 Å². The number of rotatable bonds is 15. The van der Waals surface area contributed by atoms with Crippen molar-refractivity contribution in [3.05, 3.63) is 0 Å². The molecule has 0 unspecified atom stereocenters. The van der Waals surface area contributed by atoms with Gasteiger partial charge < -0.3 is 11.5 Å². The highest BCUT2D eigenvalue weighted by Gasteiger charge is 1.95. The van der Waals surface area contributed by atoms with Crippen molar-refractivity contribution in [3.63, 3.8) is 0 Å². The maximum atomic E-state index is 10.5. The molecule has 0 aliphatic heterocycles. The van der Waals surface area contributed by atoms with E-state index in [-0.39, 0.29) is 17.6 Å². The van der Waals surface area contributed by atoms with Gasteiger partial charge in [-0.15, -0.1) is 0 Å². The molecule has 138 valence electrons. The molecule has 0 saturated carbocycles. The summed E-state index contributed by atoms with van der Waals surface area (Å²) >= 11 is 3.54. The molecule has 0 bridgehead atoms. The summed E-state index contributed by atoms with van der Waals surface area (Å²) in [5, 5.41) is 0. The van der Waals surface area contributed by atoms with Crippen LogP contribution in [0, 0.1) is 0 Å². The Kier molecular flexibility index (Phi) is 22.7. The van der Waals surface area contributed by atoms with Crippen molar-refractivity contribution in [1.82, 2.24) is 0 Å². The highest BCUT2D eigenvalue weighted by atomic mass is 32.1. The highest BCUT2D eigenvalue weighted by Crippen LogP contribution is 2.12. The zero-order valence-corrected chi connectivity index (χ0v) is 15.9. The zero-order chi connectivity index (χ0) is 17.8. The SMILES string of the molecule is CCCCCCCCCCCCCCCC(N)=O.NC(=O)CS. The van der Waals surface area contributed by atoms with Crippen LogP contribution < -0.4 is 11.5 Å². The number of hydrogen-bond donors (Lipinski definition) is 3. The van der Waals surface area contributed by atoms with E-state index >= 15 is 0 Å². The lowest BCUT2D eigenvalue weighted by Gasteiger charge is -2.02. The van der Waals surface area contributed by atoms with Gasteiger partial charge in [0.1, 0.15) is 0 Å². The van der Waals surface area contributed by atoms with Crippen LogP contribution in [0.15, 0.2) is 0 Å². The summed E-state index contributed by atoms with van der Waals surface area (Å²) in [6.45, 7) is 2.27. The minimum atomic E-state index is -0.381. The van der Waals surface area contributed by atoms with Crippen LogP contribution in [0.3, 0.4) is 0 Å². The van der Waals surface area contributed by atoms with Crippen molar-refractivity contribution < 1.29 is 9.59 Å². The Morgan fingerprint density at radius 1 is 0.652 bits per heavy atom. The maximum absolute atomic E-state index is 10.5. The average molecular weight is 347 g/mol. The van der Waals surface area contributed by atoms with Gasteiger partial charge in [-0.2, -0.15) is 12.6 Å². The van der Waals surface area contributed by atoms with E-state index < -0.39 is 0 Å². The fourth-order valence-corrected chi connectivity index (χ4v) is 2.32. The van der Waals surface area contributed by atoms with Gasteiger partial charge in [-0.25, -0.2) is 0 Å². The molecule has 0 fully saturated rings. The van der Waals surface area contributed by atoms with E-state index in [4.69, 9.17) is 5.73 Å². The van der Waals surface area contributed by atoms with Crippen LogP contribution in [0.5, 0.6) is 0 Å². The Balaban J connectivity index is 0. The molecule has 0 aromatic heterocycles. The summed E-state index contributed by atoms with van der Waals surface area (Å²) in [6, 6.07) is 0. The second-order valence-electron chi connectivity index (χ2n) is 6.08. The number of nitrogens with two attached hydrogens (primary N) is 2. The van der Waals surface area contributed by atoms with Gasteiger partial charge in [-0.3, -0.25) is 9.59 Å². The summed E-state index contributed by atoms with van der Waals surface area (Å²) in [5.41, 5.74) is 9.67. The van der Waals surface area contributed by atoms with Gasteiger partial charge in [0.05, 0.1) is 5.75 Å². The molecule has 0 radical (unpaired) electrons. The Morgan fingerprint density at radius 2 is 0.957 bits per heavy atom. The first kappa shape index (κ1) is 24.5. The number of hydrogen-bond acceptors (Lipinski definition) is 3. The topological polar surface area (TPSA) is 86.2 Å². The Hall–Kier alpha value is -0.710. The van der Waals surface area contributed by atoms with Gasteiger partial charge >= 0.3 is 0 Å². The third kappa shape index (κ3) is 29.9. The molecule has 0 aliphatic carbocycles. The quantitative estimate of drug-likeness (QED) is 0.304. The predicted molar refractivity (Wildman–Crippen MR) is 103 cm³/mol. The number of carbonyl (C=O) groups is 2. The number of carbonyl (C=O) groups excluding carboxylic acids is 2. The molecule has 2 amide bonds. The third-order valence-electron chi connectivity index (χ3n) is 3.68. The molecular formula is C18H38N2O2S. The van der Waals surface area contributed by atoms with E-state index in [2.05, 4.69) is 25.3 Å². The van der Waals surface area contributed by atoms with Crippen LogP contribution in [0.25, 0.3) is 0 Å². The zero-order valence-electron chi connectivity index (χ0n) is 15.0. The third-order valence-corrected chi connectivity index (χ3v) is 3.99. The summed E-state index contributed by atoms with van der Waals surface area (Å²) in [6.07, 6.45) is 17.9. The molecule has 0 heterocycles. The first-order chi connectivity index (χ1) is 11.0. The van der Waals surface area contributed by atoms with Gasteiger partial charge in [-0.05, 0) is 6.42 Å². The van der Waals surface area contributed by atoms with E-state index in [1.807, 2.05) is 0 Å². The normalized spacial score (nSPS) is 10.0. The standard InChI is InChI=1S/C16H33NO.C2H5NOS/c1-2-3-4-5-6-7-8-9-10-11-12-13-14-15-16(17)18;3-2(4)1-5/h2-15H2,1H3,(H2,17,18);5H,1H2,(H2,3,4). The number of primary amides is 2. The minimum absolute atomic E-state index is 0.139. The van der Waals surface area contributed by atoms with Crippen molar-refractivity contribution in [2.45, 2.75) is 96.8 Å². The summed E-state index contributed by atoms with van der Waals surface area (Å²) < 4.78 is 0. The Bertz CT molecular complexity index is 274. The second kappa shape index (κ2) is 21.3. The van der Waals surface area contributed by atoms with Gasteiger partial charge in [-0.1, -0.05) is 84.0 Å². The molecule has 0 aromatic carbocycles. The average Bonchev–Trinajstić information content (AvgIpc) is 2.52. The predicted octanol–water partition coefficient (Wildman–Crippen LogP) is 4.35. The van der Waals surface area contributed by atoms with E-state index in [0.717, 1.165) is 6.42 Å². The number of amides is 2. The summed E-state index contributed by atoms with van der Waals surface area (Å²) in [7, 11) is 0. The lowest BCUT2D eigenvalue weighted by atomic mass is 10.0. The van der Waals surface area contributed by atoms with Crippen LogP contribution in [0.1, 0.15) is 96.8 Å². The molecule has 4 nitrogen and oxygen atoms in total. The first-order valence-electron chi connectivity index (χ1n) is 9.22. The van der Waals surface area contributed by atoms with Crippen LogP contribution in [0.2, 0.25) is 0 Å². The van der Waals surface area contributed by atoms with Crippen LogP contribution in [-0.2, 0) is 9.59 Å². The lowest BCUT2D eigenvalue weighted by molar-refractivity contribution is -0.118. The minimum Gasteiger partial charge on any atom is -0.370 e. The summed E-state index contributed by atoms with van der Waals surface area (Å²) in [4.78, 5) is 20.0. The Labute approximate surface area is 148 Å². The Morgan fingerprint density at radius 3 is 1.22 bits per heavy atom. The van der Waals surface area contributed by atoms with Crippen molar-refractivity contribution >= 4 is 24.4 Å². The van der Waals surface area contributed by atoms with Crippen LogP contribution in [0.4, 0.5) is 0 Å². The first-order valence-corrected chi connectivity index (χ1v) is 9.85. The smallest absolute Gasteiger partial charge is 0.227 e. The highest BCUT2D eigenvalue weighted by molar-refractivity contribution is 7.81. The number of thiol groups is 1. The van der Waals surface area contributed by atoms with E-state index in [1.54, 1.807) is 0 Å². The maximum Gasteiger partial charge on any atom is 0.227 e. The van der Waals surface area contributed by atoms with Crippen LogP contribution >= 0.6 is 12.6 Å². The molecule has 0 spiro atoms. The summed E-state index contributed by atoms with van der Waals surface area (Å²) in [5.74, 6) is -0.397. The fourth-order valence-electron chi connectivity index (χ4n) is 2.32. The van der Waals surface area contributed by atoms with Crippen molar-refractivity contribution in [1.29, 1.82) is 0 Å². The van der Waals surface area contributed by atoms with Crippen molar-refractivity contribution in [2.75, 3.05) is 5.75 Å². The molecule has 0 atom stereocenters. The number of unbranched alkanes of at least 4 members (excludes halogenated alkanes) is 12. The molecule has 0 aromatic rings.